The van der Waals surface area contributed by atoms with Crippen LogP contribution in [0.15, 0.2) is 4.99 Å². The molecule has 1 aliphatic heterocycles. The van der Waals surface area contributed by atoms with E-state index in [0.717, 1.165) is 13.0 Å². The number of nitrogens with two attached hydrogens (primary N) is 1. The van der Waals surface area contributed by atoms with Crippen molar-refractivity contribution in [1.29, 1.82) is 0 Å². The molecule has 3 unspecified atom stereocenters. The summed E-state index contributed by atoms with van der Waals surface area (Å²) >= 11 is 0. The number of halogens is 1. The van der Waals surface area contributed by atoms with E-state index in [9.17, 15) is 0 Å². The fraction of sp³-hybridized carbons (Fsp3) is 0.923. The SMILES string of the molecule is CC(C)NC(N)=NC1C2CCOC2C12CCC2.I. The minimum atomic E-state index is 0. The van der Waals surface area contributed by atoms with Crippen molar-refractivity contribution in [2.24, 2.45) is 22.1 Å². The number of aliphatic imine (C=N–C) groups is 1. The van der Waals surface area contributed by atoms with Crippen LogP contribution in [0.3, 0.4) is 0 Å². The van der Waals surface area contributed by atoms with Crippen LogP contribution in [0.5, 0.6) is 0 Å². The summed E-state index contributed by atoms with van der Waals surface area (Å²) in [5, 5.41) is 3.19. The number of nitrogens with zero attached hydrogens (tertiary/aromatic N) is 1. The molecule has 1 heterocycles. The Hall–Kier alpha value is -0.0400. The Bertz CT molecular complexity index is 341. The standard InChI is InChI=1S/C13H23N3O.HI/c1-8(2)15-12(14)16-10-9-4-7-17-11(9)13(10)5-3-6-13;/h8-11H,3-7H2,1-2H3,(H3,14,15,16);1H. The number of ether oxygens (including phenoxy) is 1. The van der Waals surface area contributed by atoms with Gasteiger partial charge < -0.3 is 15.8 Å². The summed E-state index contributed by atoms with van der Waals surface area (Å²) in [4.78, 5) is 4.74. The lowest BCUT2D eigenvalue weighted by atomic mass is 9.46. The Kier molecular flexibility index (Phi) is 4.11. The van der Waals surface area contributed by atoms with Gasteiger partial charge in [-0.2, -0.15) is 0 Å². The number of fused-ring (bicyclic) bond motifs is 2. The van der Waals surface area contributed by atoms with Crippen LogP contribution in [0.1, 0.15) is 39.5 Å². The number of nitrogens with one attached hydrogen (secondary N) is 1. The first kappa shape index (κ1) is 14.4. The zero-order chi connectivity index (χ0) is 12.0. The molecule has 3 rings (SSSR count). The average molecular weight is 365 g/mol. The van der Waals surface area contributed by atoms with E-state index >= 15 is 0 Å². The maximum Gasteiger partial charge on any atom is 0.189 e. The van der Waals surface area contributed by atoms with Gasteiger partial charge in [0.1, 0.15) is 0 Å². The minimum absolute atomic E-state index is 0. The van der Waals surface area contributed by atoms with E-state index in [4.69, 9.17) is 15.5 Å². The van der Waals surface area contributed by atoms with Crippen LogP contribution in [0.2, 0.25) is 0 Å². The van der Waals surface area contributed by atoms with Crippen LogP contribution in [0.25, 0.3) is 0 Å². The van der Waals surface area contributed by atoms with E-state index in [1.165, 1.54) is 19.3 Å². The second-order valence-electron chi connectivity index (χ2n) is 6.09. The van der Waals surface area contributed by atoms with Gasteiger partial charge in [0.2, 0.25) is 0 Å². The first-order valence-corrected chi connectivity index (χ1v) is 6.85. The molecule has 0 aromatic heterocycles. The summed E-state index contributed by atoms with van der Waals surface area (Å²) in [7, 11) is 0. The summed E-state index contributed by atoms with van der Waals surface area (Å²) in [5.41, 5.74) is 6.32. The second kappa shape index (κ2) is 5.15. The Balaban J connectivity index is 0.00000120. The highest BCUT2D eigenvalue weighted by atomic mass is 127. The van der Waals surface area contributed by atoms with E-state index in [1.54, 1.807) is 0 Å². The van der Waals surface area contributed by atoms with Crippen molar-refractivity contribution in [3.8, 4) is 0 Å². The smallest absolute Gasteiger partial charge is 0.189 e. The number of hydrogen-bond donors (Lipinski definition) is 2. The molecule has 0 aromatic rings. The van der Waals surface area contributed by atoms with Gasteiger partial charge in [0, 0.05) is 24.0 Å². The van der Waals surface area contributed by atoms with Crippen molar-refractivity contribution < 1.29 is 4.74 Å². The highest BCUT2D eigenvalue weighted by Crippen LogP contribution is 2.64. The molecular formula is C13H24IN3O. The molecule has 1 saturated heterocycles. The monoisotopic (exact) mass is 365 g/mol. The molecule has 104 valence electrons. The third-order valence-electron chi connectivity index (χ3n) is 4.70. The maximum atomic E-state index is 5.97. The molecule has 0 radical (unpaired) electrons. The lowest BCUT2D eigenvalue weighted by Gasteiger charge is -2.61. The highest BCUT2D eigenvalue weighted by Gasteiger charge is 2.66. The average Bonchev–Trinajstić information content (AvgIpc) is 2.56. The summed E-state index contributed by atoms with van der Waals surface area (Å²) in [5.74, 6) is 1.24. The first-order valence-electron chi connectivity index (χ1n) is 6.85. The Labute approximate surface area is 126 Å². The molecule has 3 N–H and O–H groups in total. The van der Waals surface area contributed by atoms with Crippen LogP contribution in [0, 0.1) is 11.3 Å². The van der Waals surface area contributed by atoms with Gasteiger partial charge in [-0.05, 0) is 33.1 Å². The lowest BCUT2D eigenvalue weighted by molar-refractivity contribution is -0.164. The lowest BCUT2D eigenvalue weighted by Crippen LogP contribution is -2.66. The van der Waals surface area contributed by atoms with Crippen molar-refractivity contribution in [2.75, 3.05) is 6.61 Å². The second-order valence-corrected chi connectivity index (χ2v) is 6.09. The number of hydrogen-bond acceptors (Lipinski definition) is 2. The number of rotatable bonds is 2. The molecule has 0 amide bonds. The molecule has 3 fully saturated rings. The molecule has 18 heavy (non-hydrogen) atoms. The molecule has 2 aliphatic carbocycles. The fourth-order valence-corrected chi connectivity index (χ4v) is 3.87. The first-order chi connectivity index (χ1) is 8.13. The predicted molar refractivity (Wildman–Crippen MR) is 83.2 cm³/mol. The normalized spacial score (nSPS) is 36.6. The van der Waals surface area contributed by atoms with Crippen molar-refractivity contribution in [3.63, 3.8) is 0 Å². The molecule has 0 bridgehead atoms. The summed E-state index contributed by atoms with van der Waals surface area (Å²) in [6.45, 7) is 5.09. The van der Waals surface area contributed by atoms with Crippen molar-refractivity contribution in [3.05, 3.63) is 0 Å². The van der Waals surface area contributed by atoms with Crippen molar-refractivity contribution in [2.45, 2.75) is 57.7 Å². The molecule has 2 saturated carbocycles. The van der Waals surface area contributed by atoms with Crippen LogP contribution >= 0.6 is 24.0 Å². The maximum absolute atomic E-state index is 5.97. The van der Waals surface area contributed by atoms with E-state index in [1.807, 2.05) is 0 Å². The molecular weight excluding hydrogens is 341 g/mol. The van der Waals surface area contributed by atoms with Crippen LogP contribution in [-0.4, -0.2) is 30.8 Å². The third kappa shape index (κ3) is 2.03. The molecule has 3 atom stereocenters. The van der Waals surface area contributed by atoms with E-state index in [0.29, 0.717) is 35.5 Å². The minimum Gasteiger partial charge on any atom is -0.377 e. The van der Waals surface area contributed by atoms with Crippen molar-refractivity contribution in [1.82, 2.24) is 5.32 Å². The fourth-order valence-electron chi connectivity index (χ4n) is 3.87. The predicted octanol–water partition coefficient (Wildman–Crippen LogP) is 1.87. The zero-order valence-corrected chi connectivity index (χ0v) is 13.5. The Morgan fingerprint density at radius 3 is 2.72 bits per heavy atom. The van der Waals surface area contributed by atoms with Crippen LogP contribution < -0.4 is 11.1 Å². The van der Waals surface area contributed by atoms with Crippen molar-refractivity contribution >= 4 is 29.9 Å². The highest BCUT2D eigenvalue weighted by molar-refractivity contribution is 14.0. The van der Waals surface area contributed by atoms with Crippen LogP contribution in [-0.2, 0) is 4.74 Å². The van der Waals surface area contributed by atoms with Gasteiger partial charge in [-0.15, -0.1) is 24.0 Å². The molecule has 1 spiro atoms. The van der Waals surface area contributed by atoms with Gasteiger partial charge in [0.15, 0.2) is 5.96 Å². The van der Waals surface area contributed by atoms with Crippen LogP contribution in [0.4, 0.5) is 0 Å². The quantitative estimate of drug-likeness (QED) is 0.446. The topological polar surface area (TPSA) is 59.6 Å². The summed E-state index contributed by atoms with van der Waals surface area (Å²) in [6.07, 6.45) is 5.53. The Morgan fingerprint density at radius 1 is 1.44 bits per heavy atom. The molecule has 3 aliphatic rings. The van der Waals surface area contributed by atoms with E-state index < -0.39 is 0 Å². The van der Waals surface area contributed by atoms with Gasteiger partial charge in [0.05, 0.1) is 12.1 Å². The number of guanidine groups is 1. The molecule has 4 nitrogen and oxygen atoms in total. The molecule has 0 aromatic carbocycles. The molecule has 5 heteroatoms. The zero-order valence-electron chi connectivity index (χ0n) is 11.2. The van der Waals surface area contributed by atoms with Gasteiger partial charge in [0.25, 0.3) is 0 Å². The third-order valence-corrected chi connectivity index (χ3v) is 4.70. The van der Waals surface area contributed by atoms with Gasteiger partial charge in [-0.3, -0.25) is 0 Å². The van der Waals surface area contributed by atoms with Gasteiger partial charge in [-0.25, -0.2) is 4.99 Å². The van der Waals surface area contributed by atoms with Gasteiger partial charge >= 0.3 is 0 Å². The van der Waals surface area contributed by atoms with E-state index in [2.05, 4.69) is 19.2 Å². The Morgan fingerprint density at radius 2 is 2.17 bits per heavy atom. The summed E-state index contributed by atoms with van der Waals surface area (Å²) in [6, 6.07) is 0.766. The summed E-state index contributed by atoms with van der Waals surface area (Å²) < 4.78 is 5.87. The van der Waals surface area contributed by atoms with E-state index in [-0.39, 0.29) is 24.0 Å². The van der Waals surface area contributed by atoms with Gasteiger partial charge in [-0.1, -0.05) is 6.42 Å². The largest absolute Gasteiger partial charge is 0.377 e.